The minimum atomic E-state index is 0.151. The molecule has 0 atom stereocenters. The number of imidazole rings is 1. The van der Waals surface area contributed by atoms with Gasteiger partial charge in [-0.3, -0.25) is 4.57 Å². The summed E-state index contributed by atoms with van der Waals surface area (Å²) in [5.74, 6) is 2.26. The van der Waals surface area contributed by atoms with Gasteiger partial charge in [0.15, 0.2) is 0 Å². The van der Waals surface area contributed by atoms with Crippen LogP contribution < -0.4 is 11.1 Å². The fraction of sp³-hybridized carbons (Fsp3) is 0.200. The molecular weight excluding hydrogens is 338 g/mol. The summed E-state index contributed by atoms with van der Waals surface area (Å²) >= 11 is 0. The third-order valence-electron chi connectivity index (χ3n) is 4.40. The highest BCUT2D eigenvalue weighted by Crippen LogP contribution is 2.22. The van der Waals surface area contributed by atoms with E-state index in [2.05, 4.69) is 51.2 Å². The molecular formula is C20H21N7. The molecule has 27 heavy (non-hydrogen) atoms. The molecule has 2 heterocycles. The second kappa shape index (κ2) is 6.68. The largest absolute Gasteiger partial charge is 0.368 e. The Labute approximate surface area is 157 Å². The van der Waals surface area contributed by atoms with Crippen LogP contribution in [0.15, 0.2) is 48.5 Å². The molecule has 2 aromatic heterocycles. The van der Waals surface area contributed by atoms with Gasteiger partial charge in [-0.1, -0.05) is 38.1 Å². The van der Waals surface area contributed by atoms with Crippen molar-refractivity contribution in [3.63, 3.8) is 0 Å². The van der Waals surface area contributed by atoms with E-state index in [0.29, 0.717) is 17.8 Å². The predicted octanol–water partition coefficient (Wildman–Crippen LogP) is 3.97. The summed E-state index contributed by atoms with van der Waals surface area (Å²) in [6.07, 6.45) is 0. The molecule has 0 amide bonds. The number of fused-ring (bicyclic) bond motifs is 1. The van der Waals surface area contributed by atoms with Crippen molar-refractivity contribution in [1.29, 1.82) is 0 Å². The second-order valence-corrected chi connectivity index (χ2v) is 6.70. The number of aromatic nitrogens is 5. The Balaban J connectivity index is 1.72. The van der Waals surface area contributed by atoms with Crippen LogP contribution >= 0.6 is 0 Å². The molecule has 3 N–H and O–H groups in total. The van der Waals surface area contributed by atoms with Crippen LogP contribution in [-0.2, 0) is 0 Å². The Morgan fingerprint density at radius 2 is 1.67 bits per heavy atom. The first-order valence-corrected chi connectivity index (χ1v) is 8.84. The van der Waals surface area contributed by atoms with E-state index >= 15 is 0 Å². The molecule has 4 rings (SSSR count). The zero-order valence-corrected chi connectivity index (χ0v) is 15.5. The molecule has 0 saturated heterocycles. The maximum absolute atomic E-state index is 5.94. The van der Waals surface area contributed by atoms with Crippen LogP contribution in [0.3, 0.4) is 0 Å². The summed E-state index contributed by atoms with van der Waals surface area (Å²) < 4.78 is 1.88. The van der Waals surface area contributed by atoms with Crippen LogP contribution in [0.1, 0.15) is 31.2 Å². The van der Waals surface area contributed by atoms with E-state index in [1.807, 2.05) is 47.9 Å². The molecule has 136 valence electrons. The molecule has 0 spiro atoms. The molecule has 0 radical (unpaired) electrons. The number of aryl methyl sites for hydroxylation is 1. The van der Waals surface area contributed by atoms with Gasteiger partial charge in [0.1, 0.15) is 5.82 Å². The van der Waals surface area contributed by atoms with Crippen LogP contribution in [-0.4, -0.2) is 24.5 Å². The smallest absolute Gasteiger partial charge is 0.242 e. The summed E-state index contributed by atoms with van der Waals surface area (Å²) in [6.45, 7) is 6.25. The van der Waals surface area contributed by atoms with Crippen LogP contribution in [0, 0.1) is 6.92 Å². The highest BCUT2D eigenvalue weighted by Gasteiger charge is 2.13. The van der Waals surface area contributed by atoms with E-state index in [-0.39, 0.29) is 5.95 Å². The Bertz CT molecular complexity index is 1100. The number of benzene rings is 2. The summed E-state index contributed by atoms with van der Waals surface area (Å²) in [5, 5.41) is 3.20. The SMILES string of the molecule is Cc1nc2ccccc2n1-c1nc(N)nc(Nc2ccc(C(C)C)cc2)n1. The average Bonchev–Trinajstić information content (AvgIpc) is 2.97. The lowest BCUT2D eigenvalue weighted by Gasteiger charge is -2.10. The minimum absolute atomic E-state index is 0.151. The molecule has 0 saturated carbocycles. The topological polar surface area (TPSA) is 94.5 Å². The quantitative estimate of drug-likeness (QED) is 0.572. The van der Waals surface area contributed by atoms with Gasteiger partial charge in [-0.15, -0.1) is 0 Å². The Hall–Kier alpha value is -3.48. The van der Waals surface area contributed by atoms with Crippen LogP contribution in [0.25, 0.3) is 17.0 Å². The minimum Gasteiger partial charge on any atom is -0.368 e. The van der Waals surface area contributed by atoms with E-state index in [1.54, 1.807) is 0 Å². The van der Waals surface area contributed by atoms with Gasteiger partial charge in [0.05, 0.1) is 11.0 Å². The van der Waals surface area contributed by atoms with Crippen molar-refractivity contribution in [2.75, 3.05) is 11.1 Å². The molecule has 0 bridgehead atoms. The van der Waals surface area contributed by atoms with Crippen molar-refractivity contribution in [2.45, 2.75) is 26.7 Å². The second-order valence-electron chi connectivity index (χ2n) is 6.70. The van der Waals surface area contributed by atoms with Crippen molar-refractivity contribution in [2.24, 2.45) is 0 Å². The number of nitrogens with two attached hydrogens (primary N) is 1. The fourth-order valence-electron chi connectivity index (χ4n) is 3.02. The molecule has 0 aliphatic carbocycles. The van der Waals surface area contributed by atoms with E-state index in [0.717, 1.165) is 22.5 Å². The first-order chi connectivity index (χ1) is 13.0. The zero-order chi connectivity index (χ0) is 19.0. The maximum atomic E-state index is 5.94. The maximum Gasteiger partial charge on any atom is 0.242 e. The lowest BCUT2D eigenvalue weighted by atomic mass is 10.0. The third kappa shape index (κ3) is 3.31. The number of para-hydroxylation sites is 2. The van der Waals surface area contributed by atoms with Crippen LogP contribution in [0.2, 0.25) is 0 Å². The number of anilines is 3. The molecule has 0 fully saturated rings. The molecule has 0 aliphatic heterocycles. The van der Waals surface area contributed by atoms with Crippen molar-refractivity contribution in [3.05, 3.63) is 59.9 Å². The van der Waals surface area contributed by atoms with Gasteiger partial charge in [-0.2, -0.15) is 15.0 Å². The first kappa shape index (κ1) is 17.0. The van der Waals surface area contributed by atoms with Gasteiger partial charge in [0.2, 0.25) is 17.8 Å². The third-order valence-corrected chi connectivity index (χ3v) is 4.40. The van der Waals surface area contributed by atoms with Crippen molar-refractivity contribution in [3.8, 4) is 5.95 Å². The number of hydrogen-bond donors (Lipinski definition) is 2. The number of nitrogens with one attached hydrogen (secondary N) is 1. The zero-order valence-electron chi connectivity index (χ0n) is 15.5. The van der Waals surface area contributed by atoms with Gasteiger partial charge in [-0.05, 0) is 42.7 Å². The summed E-state index contributed by atoms with van der Waals surface area (Å²) in [7, 11) is 0. The molecule has 7 heteroatoms. The average molecular weight is 359 g/mol. The van der Waals surface area contributed by atoms with Gasteiger partial charge in [-0.25, -0.2) is 4.98 Å². The highest BCUT2D eigenvalue weighted by molar-refractivity contribution is 5.77. The summed E-state index contributed by atoms with van der Waals surface area (Å²) in [6, 6.07) is 16.0. The van der Waals surface area contributed by atoms with Crippen molar-refractivity contribution in [1.82, 2.24) is 24.5 Å². The van der Waals surface area contributed by atoms with Gasteiger partial charge < -0.3 is 11.1 Å². The predicted molar refractivity (Wildman–Crippen MR) is 107 cm³/mol. The Morgan fingerprint density at radius 1 is 0.926 bits per heavy atom. The van der Waals surface area contributed by atoms with Crippen molar-refractivity contribution >= 4 is 28.6 Å². The van der Waals surface area contributed by atoms with E-state index in [1.165, 1.54) is 5.56 Å². The molecule has 2 aromatic carbocycles. The lowest BCUT2D eigenvalue weighted by Crippen LogP contribution is -2.10. The summed E-state index contributed by atoms with van der Waals surface area (Å²) in [4.78, 5) is 17.6. The number of hydrogen-bond acceptors (Lipinski definition) is 6. The van der Waals surface area contributed by atoms with E-state index < -0.39 is 0 Å². The Morgan fingerprint density at radius 3 is 2.41 bits per heavy atom. The lowest BCUT2D eigenvalue weighted by molar-refractivity contribution is 0.867. The molecule has 0 unspecified atom stereocenters. The van der Waals surface area contributed by atoms with Crippen LogP contribution in [0.4, 0.5) is 17.6 Å². The number of nitrogens with zero attached hydrogens (tertiary/aromatic N) is 5. The number of rotatable bonds is 4. The first-order valence-electron chi connectivity index (χ1n) is 8.84. The Kier molecular flexibility index (Phi) is 4.19. The van der Waals surface area contributed by atoms with E-state index in [9.17, 15) is 0 Å². The normalized spacial score (nSPS) is 11.3. The van der Waals surface area contributed by atoms with E-state index in [4.69, 9.17) is 5.73 Å². The summed E-state index contributed by atoms with van der Waals surface area (Å²) in [5.41, 5.74) is 9.91. The fourth-order valence-corrected chi connectivity index (χ4v) is 3.02. The molecule has 0 aliphatic rings. The van der Waals surface area contributed by atoms with Crippen molar-refractivity contribution < 1.29 is 0 Å². The number of nitrogen functional groups attached to an aromatic ring is 1. The molecule has 4 aromatic rings. The van der Waals surface area contributed by atoms with Gasteiger partial charge in [0, 0.05) is 5.69 Å². The molecule has 7 nitrogen and oxygen atoms in total. The van der Waals surface area contributed by atoms with Gasteiger partial charge in [0.25, 0.3) is 0 Å². The van der Waals surface area contributed by atoms with Crippen LogP contribution in [0.5, 0.6) is 0 Å². The standard InChI is InChI=1S/C20H21N7/c1-12(2)14-8-10-15(11-9-14)23-19-24-18(21)25-20(26-19)27-13(3)22-16-6-4-5-7-17(16)27/h4-12H,1-3H3,(H3,21,23,24,25,26). The monoisotopic (exact) mass is 359 g/mol. The highest BCUT2D eigenvalue weighted by atomic mass is 15.3. The van der Waals surface area contributed by atoms with Gasteiger partial charge >= 0.3 is 0 Å².